The van der Waals surface area contributed by atoms with E-state index >= 15 is 0 Å². The molecule has 5 heteroatoms. The average Bonchev–Trinajstić information content (AvgIpc) is 2.78. The Labute approximate surface area is 105 Å². The number of hydrogen-bond donors (Lipinski definition) is 0. The molecule has 1 saturated heterocycles. The van der Waals surface area contributed by atoms with Gasteiger partial charge >= 0.3 is 0 Å². The van der Waals surface area contributed by atoms with Gasteiger partial charge in [-0.15, -0.1) is 22.9 Å². The second kappa shape index (κ2) is 6.55. The summed E-state index contributed by atoms with van der Waals surface area (Å²) in [6.45, 7) is 2.12. The van der Waals surface area contributed by atoms with Crippen molar-refractivity contribution in [2.24, 2.45) is 0 Å². The van der Waals surface area contributed by atoms with Gasteiger partial charge in [0, 0.05) is 12.0 Å². The molecule has 3 nitrogen and oxygen atoms in total. The van der Waals surface area contributed by atoms with Crippen molar-refractivity contribution in [2.45, 2.75) is 37.9 Å². The average molecular weight is 262 g/mol. The third kappa shape index (κ3) is 3.70. The molecule has 1 atom stereocenters. The van der Waals surface area contributed by atoms with Crippen molar-refractivity contribution in [1.82, 2.24) is 4.98 Å². The quantitative estimate of drug-likeness (QED) is 0.764. The van der Waals surface area contributed by atoms with Crippen LogP contribution in [0.15, 0.2) is 5.38 Å². The second-order valence-corrected chi connectivity index (χ2v) is 5.08. The number of aromatic nitrogens is 1. The maximum absolute atomic E-state index is 5.68. The topological polar surface area (TPSA) is 31.4 Å². The van der Waals surface area contributed by atoms with Crippen LogP contribution in [0.2, 0.25) is 0 Å². The summed E-state index contributed by atoms with van der Waals surface area (Å²) >= 11 is 7.28. The number of rotatable bonds is 5. The van der Waals surface area contributed by atoms with Gasteiger partial charge in [0.2, 0.25) is 0 Å². The number of halogens is 1. The minimum Gasteiger partial charge on any atom is -0.376 e. The fourth-order valence-electron chi connectivity index (χ4n) is 1.69. The van der Waals surface area contributed by atoms with Crippen LogP contribution < -0.4 is 0 Å². The van der Waals surface area contributed by atoms with Crippen molar-refractivity contribution in [3.8, 4) is 0 Å². The second-order valence-electron chi connectivity index (χ2n) is 3.87. The molecule has 0 aromatic carbocycles. The molecule has 0 bridgehead atoms. The first-order valence-electron chi connectivity index (χ1n) is 5.57. The highest BCUT2D eigenvalue weighted by Gasteiger charge is 2.13. The monoisotopic (exact) mass is 261 g/mol. The highest BCUT2D eigenvalue weighted by Crippen LogP contribution is 2.15. The summed E-state index contributed by atoms with van der Waals surface area (Å²) in [6, 6.07) is 0. The van der Waals surface area contributed by atoms with Gasteiger partial charge in [0.15, 0.2) is 0 Å². The molecule has 1 aromatic rings. The van der Waals surface area contributed by atoms with Gasteiger partial charge in [-0.3, -0.25) is 0 Å². The summed E-state index contributed by atoms with van der Waals surface area (Å²) in [7, 11) is 0. The Hall–Kier alpha value is -0.160. The fourth-order valence-corrected chi connectivity index (χ4v) is 2.65. The number of alkyl halides is 1. The lowest BCUT2D eigenvalue weighted by atomic mass is 10.1. The molecule has 0 amide bonds. The van der Waals surface area contributed by atoms with Crippen LogP contribution in [0.4, 0.5) is 0 Å². The zero-order valence-corrected chi connectivity index (χ0v) is 10.7. The van der Waals surface area contributed by atoms with Crippen molar-refractivity contribution in [3.05, 3.63) is 16.1 Å². The maximum atomic E-state index is 5.68. The molecule has 1 aliphatic heterocycles. The Balaban J connectivity index is 1.66. The van der Waals surface area contributed by atoms with E-state index in [4.69, 9.17) is 21.1 Å². The van der Waals surface area contributed by atoms with Crippen LogP contribution >= 0.6 is 22.9 Å². The van der Waals surface area contributed by atoms with Crippen LogP contribution in [-0.4, -0.2) is 24.3 Å². The molecule has 16 heavy (non-hydrogen) atoms. The van der Waals surface area contributed by atoms with Crippen LogP contribution in [0.1, 0.15) is 30.0 Å². The van der Waals surface area contributed by atoms with Crippen molar-refractivity contribution in [3.63, 3.8) is 0 Å². The molecule has 1 aliphatic rings. The van der Waals surface area contributed by atoms with E-state index in [-0.39, 0.29) is 6.10 Å². The number of ether oxygens (including phenoxy) is 2. The summed E-state index contributed by atoms with van der Waals surface area (Å²) in [5, 5.41) is 2.97. The minimum absolute atomic E-state index is 0.279. The molecule has 0 spiro atoms. The lowest BCUT2D eigenvalue weighted by molar-refractivity contribution is -0.0447. The Kier molecular flexibility index (Phi) is 5.03. The van der Waals surface area contributed by atoms with Gasteiger partial charge in [-0.2, -0.15) is 0 Å². The van der Waals surface area contributed by atoms with E-state index in [1.165, 1.54) is 12.8 Å². The molecule has 2 rings (SSSR count). The normalized spacial score (nSPS) is 21.2. The number of nitrogens with zero attached hydrogens (tertiary/aromatic N) is 1. The third-order valence-electron chi connectivity index (χ3n) is 2.54. The van der Waals surface area contributed by atoms with Crippen LogP contribution in [0, 0.1) is 0 Å². The molecule has 90 valence electrons. The Morgan fingerprint density at radius 3 is 3.19 bits per heavy atom. The molecule has 0 N–H and O–H groups in total. The zero-order chi connectivity index (χ0) is 11.2. The Morgan fingerprint density at radius 1 is 1.56 bits per heavy atom. The molecular weight excluding hydrogens is 246 g/mol. The maximum Gasteiger partial charge on any atom is 0.119 e. The third-order valence-corrected chi connectivity index (χ3v) is 3.68. The molecule has 0 aliphatic carbocycles. The summed E-state index contributed by atoms with van der Waals surface area (Å²) in [5.74, 6) is 0.474. The molecule has 1 aromatic heterocycles. The zero-order valence-electron chi connectivity index (χ0n) is 9.15. The number of thiazole rings is 1. The van der Waals surface area contributed by atoms with Crippen molar-refractivity contribution >= 4 is 22.9 Å². The van der Waals surface area contributed by atoms with Gasteiger partial charge in [0.05, 0.1) is 30.9 Å². The Morgan fingerprint density at radius 2 is 2.50 bits per heavy atom. The lowest BCUT2D eigenvalue weighted by Gasteiger charge is -2.21. The smallest absolute Gasteiger partial charge is 0.119 e. The van der Waals surface area contributed by atoms with Crippen LogP contribution in [0.3, 0.4) is 0 Å². The standard InChI is InChI=1S/C11H16ClNO2S/c12-5-9-8-16-11(13-9)7-14-6-10-3-1-2-4-15-10/h8,10H,1-7H2. The van der Waals surface area contributed by atoms with Gasteiger partial charge in [-0.05, 0) is 19.3 Å². The summed E-state index contributed by atoms with van der Waals surface area (Å²) < 4.78 is 11.2. The first kappa shape index (κ1) is 12.3. The van der Waals surface area contributed by atoms with Crippen molar-refractivity contribution in [2.75, 3.05) is 13.2 Å². The predicted molar refractivity (Wildman–Crippen MR) is 64.9 cm³/mol. The molecular formula is C11H16ClNO2S. The largest absolute Gasteiger partial charge is 0.376 e. The molecule has 0 radical (unpaired) electrons. The van der Waals surface area contributed by atoms with Gasteiger partial charge < -0.3 is 9.47 Å². The Bertz CT molecular complexity index is 313. The highest BCUT2D eigenvalue weighted by molar-refractivity contribution is 7.09. The van der Waals surface area contributed by atoms with Gasteiger partial charge in [0.25, 0.3) is 0 Å². The van der Waals surface area contributed by atoms with Gasteiger partial charge in [0.1, 0.15) is 5.01 Å². The van der Waals surface area contributed by atoms with Crippen LogP contribution in [0.25, 0.3) is 0 Å². The molecule has 2 heterocycles. The van der Waals surface area contributed by atoms with E-state index < -0.39 is 0 Å². The minimum atomic E-state index is 0.279. The van der Waals surface area contributed by atoms with Crippen molar-refractivity contribution < 1.29 is 9.47 Å². The first-order valence-corrected chi connectivity index (χ1v) is 6.98. The molecule has 1 unspecified atom stereocenters. The predicted octanol–water partition coefficient (Wildman–Crippen LogP) is 2.97. The highest BCUT2D eigenvalue weighted by atomic mass is 35.5. The summed E-state index contributed by atoms with van der Waals surface area (Å²) in [5.41, 5.74) is 0.930. The van der Waals surface area contributed by atoms with E-state index in [2.05, 4.69) is 4.98 Å². The van der Waals surface area contributed by atoms with Crippen LogP contribution in [-0.2, 0) is 22.0 Å². The van der Waals surface area contributed by atoms with E-state index in [1.54, 1.807) is 11.3 Å². The fraction of sp³-hybridized carbons (Fsp3) is 0.727. The number of hydrogen-bond acceptors (Lipinski definition) is 4. The molecule has 0 saturated carbocycles. The van der Waals surface area contributed by atoms with E-state index in [0.29, 0.717) is 19.1 Å². The van der Waals surface area contributed by atoms with Crippen LogP contribution in [0.5, 0.6) is 0 Å². The van der Waals surface area contributed by atoms with Crippen molar-refractivity contribution in [1.29, 1.82) is 0 Å². The van der Waals surface area contributed by atoms with E-state index in [9.17, 15) is 0 Å². The summed E-state index contributed by atoms with van der Waals surface area (Å²) in [6.07, 6.45) is 3.83. The van der Waals surface area contributed by atoms with Gasteiger partial charge in [-0.1, -0.05) is 0 Å². The van der Waals surface area contributed by atoms with E-state index in [1.807, 2.05) is 5.38 Å². The lowest BCUT2D eigenvalue weighted by Crippen LogP contribution is -2.24. The summed E-state index contributed by atoms with van der Waals surface area (Å²) in [4.78, 5) is 4.33. The van der Waals surface area contributed by atoms with E-state index in [0.717, 1.165) is 23.7 Å². The SMILES string of the molecule is ClCc1csc(COCC2CCCCO2)n1. The van der Waals surface area contributed by atoms with Gasteiger partial charge in [-0.25, -0.2) is 4.98 Å². The molecule has 1 fully saturated rings. The first-order chi connectivity index (χ1) is 7.88.